The Morgan fingerprint density at radius 2 is 1.95 bits per heavy atom. The molecule has 1 saturated heterocycles. The average Bonchev–Trinajstić information content (AvgIpc) is 2.91. The zero-order valence-electron chi connectivity index (χ0n) is 13.3. The highest BCUT2D eigenvalue weighted by Gasteiger charge is 2.23. The number of piperidine rings is 1. The summed E-state index contributed by atoms with van der Waals surface area (Å²) in [6.45, 7) is 7.89. The maximum Gasteiger partial charge on any atom is 0.231 e. The van der Waals surface area contributed by atoms with Gasteiger partial charge >= 0.3 is 0 Å². The van der Waals surface area contributed by atoms with Gasteiger partial charge in [0.05, 0.1) is 0 Å². The summed E-state index contributed by atoms with van der Waals surface area (Å²) in [6.07, 6.45) is 0.795. The lowest BCUT2D eigenvalue weighted by molar-refractivity contribution is 0.0428. The van der Waals surface area contributed by atoms with Crippen LogP contribution in [0.15, 0.2) is 18.2 Å². The van der Waals surface area contributed by atoms with Crippen molar-refractivity contribution in [3.8, 4) is 17.2 Å². The van der Waals surface area contributed by atoms with Gasteiger partial charge in [0.25, 0.3) is 0 Å². The van der Waals surface area contributed by atoms with Crippen molar-refractivity contribution in [2.24, 2.45) is 11.8 Å². The van der Waals surface area contributed by atoms with E-state index in [2.05, 4.69) is 18.7 Å². The molecule has 0 amide bonds. The van der Waals surface area contributed by atoms with Gasteiger partial charge in [0.15, 0.2) is 11.5 Å². The van der Waals surface area contributed by atoms with Crippen molar-refractivity contribution in [3.63, 3.8) is 0 Å². The van der Waals surface area contributed by atoms with Gasteiger partial charge < -0.3 is 24.2 Å². The van der Waals surface area contributed by atoms with Crippen LogP contribution >= 0.6 is 0 Å². The highest BCUT2D eigenvalue weighted by molar-refractivity contribution is 5.46. The largest absolute Gasteiger partial charge is 0.491 e. The molecule has 0 bridgehead atoms. The molecule has 0 aromatic heterocycles. The number of hydrogen-bond acceptors (Lipinski definition) is 5. The number of hydrogen-bond donors (Lipinski definition) is 1. The van der Waals surface area contributed by atoms with Gasteiger partial charge in [-0.25, -0.2) is 0 Å². The van der Waals surface area contributed by atoms with Crippen LogP contribution in [-0.2, 0) is 0 Å². The van der Waals surface area contributed by atoms with E-state index in [1.165, 1.54) is 6.42 Å². The minimum absolute atomic E-state index is 0.257. The van der Waals surface area contributed by atoms with Crippen LogP contribution in [0.25, 0.3) is 0 Å². The molecule has 1 aromatic carbocycles. The third kappa shape index (κ3) is 3.84. The van der Waals surface area contributed by atoms with Crippen LogP contribution < -0.4 is 14.2 Å². The quantitative estimate of drug-likeness (QED) is 0.903. The minimum atomic E-state index is -0.483. The van der Waals surface area contributed by atoms with E-state index in [1.807, 2.05) is 12.1 Å². The molecule has 0 spiro atoms. The number of fused-ring (bicyclic) bond motifs is 1. The molecule has 2 heterocycles. The van der Waals surface area contributed by atoms with E-state index in [-0.39, 0.29) is 6.79 Å². The molecule has 22 heavy (non-hydrogen) atoms. The standard InChI is InChI=1S/C17H25NO4/c1-12-5-13(2)8-18(7-12)9-14(19)10-20-15-3-4-16-17(6-15)22-11-21-16/h3-4,6,12-14,19H,5,7-11H2,1-2H3/t12-,13+,14-/m0/s1. The zero-order chi connectivity index (χ0) is 15.5. The number of ether oxygens (including phenoxy) is 3. The average molecular weight is 307 g/mol. The summed E-state index contributed by atoms with van der Waals surface area (Å²) in [5, 5.41) is 10.2. The smallest absolute Gasteiger partial charge is 0.231 e. The monoisotopic (exact) mass is 307 g/mol. The molecule has 0 aliphatic carbocycles. The molecule has 0 radical (unpaired) electrons. The fourth-order valence-electron chi connectivity index (χ4n) is 3.45. The third-order valence-electron chi connectivity index (χ3n) is 4.20. The Morgan fingerprint density at radius 3 is 2.73 bits per heavy atom. The number of nitrogens with zero attached hydrogens (tertiary/aromatic N) is 1. The molecule has 2 aliphatic rings. The van der Waals surface area contributed by atoms with Crippen LogP contribution in [0.3, 0.4) is 0 Å². The highest BCUT2D eigenvalue weighted by atomic mass is 16.7. The second-order valence-electron chi connectivity index (χ2n) is 6.64. The number of likely N-dealkylation sites (tertiary alicyclic amines) is 1. The SMILES string of the molecule is C[C@@H]1C[C@H](C)CN(C[C@H](O)COc2ccc3c(c2)OCO3)C1. The van der Waals surface area contributed by atoms with Crippen LogP contribution in [0.4, 0.5) is 0 Å². The lowest BCUT2D eigenvalue weighted by atomic mass is 9.92. The second-order valence-corrected chi connectivity index (χ2v) is 6.64. The number of benzene rings is 1. The van der Waals surface area contributed by atoms with Crippen molar-refractivity contribution in [2.75, 3.05) is 33.0 Å². The van der Waals surface area contributed by atoms with Gasteiger partial charge in [-0.1, -0.05) is 13.8 Å². The summed E-state index contributed by atoms with van der Waals surface area (Å²) in [5.74, 6) is 3.54. The van der Waals surface area contributed by atoms with Gasteiger partial charge in [-0.3, -0.25) is 0 Å². The van der Waals surface area contributed by atoms with Crippen molar-refractivity contribution in [3.05, 3.63) is 18.2 Å². The zero-order valence-corrected chi connectivity index (χ0v) is 13.3. The van der Waals surface area contributed by atoms with Crippen LogP contribution in [-0.4, -0.2) is 49.1 Å². The topological polar surface area (TPSA) is 51.2 Å². The molecule has 3 rings (SSSR count). The van der Waals surface area contributed by atoms with Crippen molar-refractivity contribution in [1.82, 2.24) is 4.90 Å². The number of β-amino-alcohol motifs (C(OH)–C–C–N with tert-alkyl or cyclic N) is 1. The molecule has 3 atom stereocenters. The van der Waals surface area contributed by atoms with E-state index in [9.17, 15) is 5.11 Å². The van der Waals surface area contributed by atoms with Crippen molar-refractivity contribution in [1.29, 1.82) is 0 Å². The summed E-state index contributed by atoms with van der Waals surface area (Å²) in [7, 11) is 0. The first-order valence-corrected chi connectivity index (χ1v) is 8.03. The maximum atomic E-state index is 10.2. The number of aliphatic hydroxyl groups is 1. The van der Waals surface area contributed by atoms with E-state index in [4.69, 9.17) is 14.2 Å². The Bertz CT molecular complexity index is 497. The molecule has 0 saturated carbocycles. The van der Waals surface area contributed by atoms with Gasteiger partial charge in [0.2, 0.25) is 6.79 Å². The van der Waals surface area contributed by atoms with E-state index in [1.54, 1.807) is 6.07 Å². The molecule has 122 valence electrons. The summed E-state index contributed by atoms with van der Waals surface area (Å²) in [5.41, 5.74) is 0. The lowest BCUT2D eigenvalue weighted by Crippen LogP contribution is -2.43. The van der Waals surface area contributed by atoms with E-state index in [0.29, 0.717) is 36.5 Å². The van der Waals surface area contributed by atoms with Gasteiger partial charge in [-0.2, -0.15) is 0 Å². The summed E-state index contributed by atoms with van der Waals surface area (Å²) in [6, 6.07) is 5.48. The van der Waals surface area contributed by atoms with E-state index in [0.717, 1.165) is 18.8 Å². The van der Waals surface area contributed by atoms with Crippen molar-refractivity contribution >= 4 is 0 Å². The fourth-order valence-corrected chi connectivity index (χ4v) is 3.45. The van der Waals surface area contributed by atoms with Gasteiger partial charge in [-0.05, 0) is 30.4 Å². The van der Waals surface area contributed by atoms with Crippen LogP contribution in [0, 0.1) is 11.8 Å². The fraction of sp³-hybridized carbons (Fsp3) is 0.647. The highest BCUT2D eigenvalue weighted by Crippen LogP contribution is 2.35. The van der Waals surface area contributed by atoms with Crippen LogP contribution in [0.5, 0.6) is 17.2 Å². The summed E-state index contributed by atoms with van der Waals surface area (Å²) >= 11 is 0. The first-order chi connectivity index (χ1) is 10.6. The number of rotatable bonds is 5. The molecular formula is C17H25NO4. The Hall–Kier alpha value is -1.46. The molecule has 0 unspecified atom stereocenters. The molecule has 5 heteroatoms. The predicted molar refractivity (Wildman–Crippen MR) is 83.5 cm³/mol. The molecule has 1 N–H and O–H groups in total. The van der Waals surface area contributed by atoms with Gasteiger partial charge in [0.1, 0.15) is 18.5 Å². The Kier molecular flexibility index (Phi) is 4.74. The number of aliphatic hydroxyl groups excluding tert-OH is 1. The maximum absolute atomic E-state index is 10.2. The summed E-state index contributed by atoms with van der Waals surface area (Å²) in [4.78, 5) is 2.34. The summed E-state index contributed by atoms with van der Waals surface area (Å²) < 4.78 is 16.3. The van der Waals surface area contributed by atoms with Crippen LogP contribution in [0.2, 0.25) is 0 Å². The van der Waals surface area contributed by atoms with Gasteiger partial charge in [-0.15, -0.1) is 0 Å². The molecule has 5 nitrogen and oxygen atoms in total. The Balaban J connectivity index is 1.47. The van der Waals surface area contributed by atoms with Crippen molar-refractivity contribution < 1.29 is 19.3 Å². The van der Waals surface area contributed by atoms with E-state index < -0.39 is 6.10 Å². The van der Waals surface area contributed by atoms with Crippen LogP contribution in [0.1, 0.15) is 20.3 Å². The van der Waals surface area contributed by atoms with E-state index >= 15 is 0 Å². The normalized spacial score (nSPS) is 26.0. The van der Waals surface area contributed by atoms with Crippen molar-refractivity contribution in [2.45, 2.75) is 26.4 Å². The van der Waals surface area contributed by atoms with Gasteiger partial charge in [0, 0.05) is 25.7 Å². The Morgan fingerprint density at radius 1 is 1.23 bits per heavy atom. The lowest BCUT2D eigenvalue weighted by Gasteiger charge is -2.35. The molecule has 1 fully saturated rings. The molecular weight excluding hydrogens is 282 g/mol. The predicted octanol–water partition coefficient (Wildman–Crippen LogP) is 2.13. The molecule has 2 aliphatic heterocycles. The third-order valence-corrected chi connectivity index (χ3v) is 4.20. The minimum Gasteiger partial charge on any atom is -0.491 e. The Labute approximate surface area is 131 Å². The first-order valence-electron chi connectivity index (χ1n) is 8.03. The first kappa shape index (κ1) is 15.4. The molecule has 1 aromatic rings. The second kappa shape index (κ2) is 6.75.